The normalized spacial score (nSPS) is 27.2. The third-order valence-electron chi connectivity index (χ3n) is 3.45. The molecular formula is C11H24N2O2S. The van der Waals surface area contributed by atoms with Crippen LogP contribution in [0.1, 0.15) is 45.4 Å². The lowest BCUT2D eigenvalue weighted by Gasteiger charge is -2.32. The summed E-state index contributed by atoms with van der Waals surface area (Å²) >= 11 is 0. The fraction of sp³-hybridized carbons (Fsp3) is 1.00. The molecule has 0 aromatic heterocycles. The summed E-state index contributed by atoms with van der Waals surface area (Å²) in [4.78, 5) is 0. The van der Waals surface area contributed by atoms with Crippen LogP contribution in [0, 0.1) is 0 Å². The van der Waals surface area contributed by atoms with E-state index in [4.69, 9.17) is 5.73 Å². The highest BCUT2D eigenvalue weighted by Crippen LogP contribution is 2.23. The summed E-state index contributed by atoms with van der Waals surface area (Å²) in [5.41, 5.74) is 5.82. The van der Waals surface area contributed by atoms with Crippen molar-refractivity contribution in [3.8, 4) is 0 Å². The van der Waals surface area contributed by atoms with Crippen LogP contribution >= 0.6 is 0 Å². The molecule has 0 aromatic carbocycles. The molecule has 1 fully saturated rings. The van der Waals surface area contributed by atoms with Crippen LogP contribution in [0.15, 0.2) is 0 Å². The molecule has 0 amide bonds. The van der Waals surface area contributed by atoms with Gasteiger partial charge in [-0.1, -0.05) is 13.3 Å². The third kappa shape index (κ3) is 3.71. The second-order valence-electron chi connectivity index (χ2n) is 4.75. The van der Waals surface area contributed by atoms with Crippen molar-refractivity contribution in [1.29, 1.82) is 0 Å². The van der Waals surface area contributed by atoms with Gasteiger partial charge in [0, 0.05) is 19.1 Å². The van der Waals surface area contributed by atoms with Gasteiger partial charge in [-0.05, 0) is 32.1 Å². The van der Waals surface area contributed by atoms with Gasteiger partial charge in [0.2, 0.25) is 10.0 Å². The van der Waals surface area contributed by atoms with Gasteiger partial charge in [0.05, 0.1) is 5.75 Å². The van der Waals surface area contributed by atoms with Crippen LogP contribution in [-0.2, 0) is 10.0 Å². The smallest absolute Gasteiger partial charge is 0.214 e. The summed E-state index contributed by atoms with van der Waals surface area (Å²) in [6.07, 6.45) is 5.37. The fourth-order valence-electron chi connectivity index (χ4n) is 2.16. The predicted molar refractivity (Wildman–Crippen MR) is 66.7 cm³/mol. The van der Waals surface area contributed by atoms with Crippen LogP contribution in [0.2, 0.25) is 0 Å². The number of hydrogen-bond donors (Lipinski definition) is 1. The molecule has 0 atom stereocenters. The van der Waals surface area contributed by atoms with Crippen molar-refractivity contribution < 1.29 is 8.42 Å². The Morgan fingerprint density at radius 1 is 1.25 bits per heavy atom. The van der Waals surface area contributed by atoms with Crippen molar-refractivity contribution in [1.82, 2.24) is 4.31 Å². The molecule has 0 heterocycles. The van der Waals surface area contributed by atoms with Crippen molar-refractivity contribution >= 4 is 10.0 Å². The van der Waals surface area contributed by atoms with E-state index >= 15 is 0 Å². The Bertz CT molecular complexity index is 295. The highest BCUT2D eigenvalue weighted by Gasteiger charge is 2.28. The maximum Gasteiger partial charge on any atom is 0.214 e. The maximum absolute atomic E-state index is 12.0. The first-order valence-corrected chi connectivity index (χ1v) is 7.79. The van der Waals surface area contributed by atoms with Crippen LogP contribution in [0.4, 0.5) is 0 Å². The van der Waals surface area contributed by atoms with E-state index in [1.165, 1.54) is 0 Å². The van der Waals surface area contributed by atoms with E-state index in [-0.39, 0.29) is 17.8 Å². The average Bonchev–Trinajstić information content (AvgIpc) is 2.26. The molecule has 4 nitrogen and oxygen atoms in total. The summed E-state index contributed by atoms with van der Waals surface area (Å²) in [6, 6.07) is 0.435. The molecule has 2 N–H and O–H groups in total. The molecular weight excluding hydrogens is 224 g/mol. The standard InChI is InChI=1S/C11H24N2O2S/c1-3-4-9-16(14,15)13(2)11-7-5-10(12)6-8-11/h10-11H,3-9,12H2,1-2H3. The van der Waals surface area contributed by atoms with Gasteiger partial charge in [0.25, 0.3) is 0 Å². The lowest BCUT2D eigenvalue weighted by molar-refractivity contribution is 0.268. The second-order valence-corrected chi connectivity index (χ2v) is 6.90. The Balaban J connectivity index is 2.52. The molecule has 0 unspecified atom stereocenters. The molecule has 0 spiro atoms. The minimum Gasteiger partial charge on any atom is -0.328 e. The van der Waals surface area contributed by atoms with Crippen molar-refractivity contribution in [2.75, 3.05) is 12.8 Å². The van der Waals surface area contributed by atoms with Crippen molar-refractivity contribution in [2.45, 2.75) is 57.5 Å². The molecule has 1 aliphatic rings. The van der Waals surface area contributed by atoms with Crippen molar-refractivity contribution in [2.24, 2.45) is 5.73 Å². The fourth-order valence-corrected chi connectivity index (χ4v) is 3.77. The van der Waals surface area contributed by atoms with Gasteiger partial charge < -0.3 is 5.73 Å². The summed E-state index contributed by atoms with van der Waals surface area (Å²) in [5, 5.41) is 0. The molecule has 1 saturated carbocycles. The van der Waals surface area contributed by atoms with Crippen molar-refractivity contribution in [3.63, 3.8) is 0 Å². The van der Waals surface area contributed by atoms with E-state index in [0.29, 0.717) is 0 Å². The highest BCUT2D eigenvalue weighted by atomic mass is 32.2. The van der Waals surface area contributed by atoms with E-state index in [2.05, 4.69) is 0 Å². The van der Waals surface area contributed by atoms with Gasteiger partial charge in [-0.15, -0.1) is 0 Å². The minimum atomic E-state index is -3.05. The van der Waals surface area contributed by atoms with Crippen LogP contribution in [0.3, 0.4) is 0 Å². The zero-order chi connectivity index (χ0) is 12.2. The first-order valence-electron chi connectivity index (χ1n) is 6.18. The molecule has 0 aromatic rings. The van der Waals surface area contributed by atoms with Crippen LogP contribution in [0.25, 0.3) is 0 Å². The molecule has 0 radical (unpaired) electrons. The summed E-state index contributed by atoms with van der Waals surface area (Å²) < 4.78 is 25.5. The Morgan fingerprint density at radius 3 is 2.31 bits per heavy atom. The van der Waals surface area contributed by atoms with E-state index in [1.807, 2.05) is 6.92 Å². The Kier molecular flexibility index (Phi) is 5.21. The molecule has 1 aliphatic carbocycles. The molecule has 16 heavy (non-hydrogen) atoms. The minimum absolute atomic E-state index is 0.168. The zero-order valence-electron chi connectivity index (χ0n) is 10.4. The quantitative estimate of drug-likeness (QED) is 0.798. The monoisotopic (exact) mass is 248 g/mol. The zero-order valence-corrected chi connectivity index (χ0v) is 11.2. The van der Waals surface area contributed by atoms with Gasteiger partial charge in [-0.3, -0.25) is 0 Å². The Labute approximate surface area is 99.2 Å². The lowest BCUT2D eigenvalue weighted by atomic mass is 9.92. The molecule has 0 aliphatic heterocycles. The van der Waals surface area contributed by atoms with Crippen LogP contribution < -0.4 is 5.73 Å². The molecule has 5 heteroatoms. The SMILES string of the molecule is CCCCS(=O)(=O)N(C)C1CCC(N)CC1. The predicted octanol–water partition coefficient (Wildman–Crippen LogP) is 1.32. The average molecular weight is 248 g/mol. The lowest BCUT2D eigenvalue weighted by Crippen LogP contribution is -2.42. The van der Waals surface area contributed by atoms with Crippen molar-refractivity contribution in [3.05, 3.63) is 0 Å². The summed E-state index contributed by atoms with van der Waals surface area (Å²) in [6.45, 7) is 2.01. The number of hydrogen-bond acceptors (Lipinski definition) is 3. The first kappa shape index (κ1) is 13.9. The summed E-state index contributed by atoms with van der Waals surface area (Å²) in [5.74, 6) is 0.280. The van der Waals surface area contributed by atoms with Crippen LogP contribution in [-0.4, -0.2) is 37.6 Å². The van der Waals surface area contributed by atoms with E-state index in [1.54, 1.807) is 11.4 Å². The molecule has 1 rings (SSSR count). The van der Waals surface area contributed by atoms with Crippen LogP contribution in [0.5, 0.6) is 0 Å². The number of rotatable bonds is 5. The second kappa shape index (κ2) is 5.98. The Hall–Kier alpha value is -0.130. The van der Waals surface area contributed by atoms with Gasteiger partial charge in [-0.25, -0.2) is 12.7 Å². The molecule has 0 saturated heterocycles. The van der Waals surface area contributed by atoms with E-state index in [0.717, 1.165) is 38.5 Å². The van der Waals surface area contributed by atoms with Gasteiger partial charge in [0.15, 0.2) is 0 Å². The van der Waals surface area contributed by atoms with E-state index < -0.39 is 10.0 Å². The molecule has 96 valence electrons. The Morgan fingerprint density at radius 2 is 1.81 bits per heavy atom. The first-order chi connectivity index (χ1) is 7.47. The topological polar surface area (TPSA) is 63.4 Å². The highest BCUT2D eigenvalue weighted by molar-refractivity contribution is 7.89. The number of unbranched alkanes of at least 4 members (excludes halogenated alkanes) is 1. The van der Waals surface area contributed by atoms with Gasteiger partial charge in [0.1, 0.15) is 0 Å². The maximum atomic E-state index is 12.0. The number of sulfonamides is 1. The largest absolute Gasteiger partial charge is 0.328 e. The van der Waals surface area contributed by atoms with Gasteiger partial charge >= 0.3 is 0 Å². The third-order valence-corrected chi connectivity index (χ3v) is 5.43. The number of nitrogens with zero attached hydrogens (tertiary/aromatic N) is 1. The summed E-state index contributed by atoms with van der Waals surface area (Å²) in [7, 11) is -1.33. The van der Waals surface area contributed by atoms with Gasteiger partial charge in [-0.2, -0.15) is 0 Å². The molecule has 0 bridgehead atoms. The number of nitrogens with two attached hydrogens (primary N) is 1. The van der Waals surface area contributed by atoms with E-state index in [9.17, 15) is 8.42 Å².